The molecule has 0 spiro atoms. The summed E-state index contributed by atoms with van der Waals surface area (Å²) in [5.41, 5.74) is -0.915. The van der Waals surface area contributed by atoms with E-state index < -0.39 is 17.5 Å². The Kier molecular flexibility index (Phi) is 3.96. The number of likely N-dealkylation sites (tertiary alicyclic amines) is 1. The predicted molar refractivity (Wildman–Crippen MR) is 69.7 cm³/mol. The molecule has 2 rings (SSSR count). The van der Waals surface area contributed by atoms with E-state index in [0.29, 0.717) is 23.7 Å². The molecule has 0 bridgehead atoms. The Morgan fingerprint density at radius 2 is 2.05 bits per heavy atom. The van der Waals surface area contributed by atoms with Gasteiger partial charge in [-0.05, 0) is 19.3 Å². The quantitative estimate of drug-likeness (QED) is 0.893. The fourth-order valence-electron chi connectivity index (χ4n) is 2.29. The van der Waals surface area contributed by atoms with E-state index in [4.69, 9.17) is 16.7 Å². The average Bonchev–Trinajstić information content (AvgIpc) is 2.75. The summed E-state index contributed by atoms with van der Waals surface area (Å²) in [6.45, 7) is 0.488. The topological polar surface area (TPSA) is 90.7 Å². The van der Waals surface area contributed by atoms with Gasteiger partial charge in [0.05, 0.1) is 5.41 Å². The zero-order valence-electron chi connectivity index (χ0n) is 10.0. The molecule has 1 amide bonds. The van der Waals surface area contributed by atoms with Gasteiger partial charge in [0.1, 0.15) is 0 Å². The second-order valence-corrected chi connectivity index (χ2v) is 6.31. The number of carboxylic acids is 1. The van der Waals surface area contributed by atoms with Crippen LogP contribution >= 0.6 is 22.9 Å². The third-order valence-corrected chi connectivity index (χ3v) is 4.60. The van der Waals surface area contributed by atoms with Crippen LogP contribution in [0.5, 0.6) is 0 Å². The number of amides is 1. The number of aliphatic carboxylic acids is 1. The number of carboxylic acid groups (broad SMARTS) is 2. The first kappa shape index (κ1) is 14.1. The van der Waals surface area contributed by atoms with Gasteiger partial charge in [0, 0.05) is 24.2 Å². The van der Waals surface area contributed by atoms with Crippen LogP contribution < -0.4 is 0 Å². The minimum absolute atomic E-state index is 0.244. The lowest BCUT2D eigenvalue weighted by Crippen LogP contribution is -2.47. The van der Waals surface area contributed by atoms with E-state index in [2.05, 4.69) is 4.98 Å². The summed E-state index contributed by atoms with van der Waals surface area (Å²) in [4.78, 5) is 28.4. The number of hydrogen-bond donors (Lipinski definition) is 2. The maximum absolute atomic E-state index is 11.5. The second kappa shape index (κ2) is 5.34. The van der Waals surface area contributed by atoms with Crippen LogP contribution in [-0.2, 0) is 11.2 Å². The third kappa shape index (κ3) is 2.98. The lowest BCUT2D eigenvalue weighted by Gasteiger charge is -2.37. The Morgan fingerprint density at radius 3 is 2.47 bits per heavy atom. The van der Waals surface area contributed by atoms with E-state index in [-0.39, 0.29) is 13.1 Å². The van der Waals surface area contributed by atoms with Crippen molar-refractivity contribution in [2.24, 2.45) is 5.41 Å². The summed E-state index contributed by atoms with van der Waals surface area (Å²) in [6, 6.07) is 0. The van der Waals surface area contributed by atoms with Crippen LogP contribution in [0.1, 0.15) is 17.7 Å². The normalized spacial score (nSPS) is 18.3. The van der Waals surface area contributed by atoms with Gasteiger partial charge in [-0.2, -0.15) is 0 Å². The van der Waals surface area contributed by atoms with Gasteiger partial charge >= 0.3 is 12.1 Å². The molecule has 2 heterocycles. The van der Waals surface area contributed by atoms with Gasteiger partial charge in [0.15, 0.2) is 4.47 Å². The standard InChI is InChI=1S/C11H13ClN2O4S/c12-9-13-6-7(19-9)5-11(8(15)16)1-3-14(4-2-11)10(17)18/h6H,1-5H2,(H,15,16)(H,17,18). The van der Waals surface area contributed by atoms with Crippen LogP contribution in [0.15, 0.2) is 6.20 Å². The minimum Gasteiger partial charge on any atom is -0.481 e. The molecule has 0 unspecified atom stereocenters. The summed E-state index contributed by atoms with van der Waals surface area (Å²) in [5.74, 6) is -0.887. The van der Waals surface area contributed by atoms with E-state index in [1.165, 1.54) is 16.2 Å². The molecule has 6 nitrogen and oxygen atoms in total. The molecule has 2 N–H and O–H groups in total. The fourth-order valence-corrected chi connectivity index (χ4v) is 3.41. The van der Waals surface area contributed by atoms with Gasteiger partial charge in [-0.1, -0.05) is 11.6 Å². The van der Waals surface area contributed by atoms with Gasteiger partial charge in [-0.25, -0.2) is 9.78 Å². The molecule has 0 atom stereocenters. The fraction of sp³-hybridized carbons (Fsp3) is 0.545. The van der Waals surface area contributed by atoms with E-state index in [1.807, 2.05) is 0 Å². The van der Waals surface area contributed by atoms with Gasteiger partial charge < -0.3 is 15.1 Å². The van der Waals surface area contributed by atoms with Gasteiger partial charge in [0.25, 0.3) is 0 Å². The monoisotopic (exact) mass is 304 g/mol. The SMILES string of the molecule is O=C(O)N1CCC(Cc2cnc(Cl)s2)(C(=O)O)CC1. The number of nitrogens with zero attached hydrogens (tertiary/aromatic N) is 2. The van der Waals surface area contributed by atoms with Gasteiger partial charge in [-0.15, -0.1) is 11.3 Å². The van der Waals surface area contributed by atoms with E-state index in [0.717, 1.165) is 4.88 Å². The Labute approximate surface area is 118 Å². The van der Waals surface area contributed by atoms with E-state index in [1.54, 1.807) is 6.20 Å². The summed E-state index contributed by atoms with van der Waals surface area (Å²) in [7, 11) is 0. The summed E-state index contributed by atoms with van der Waals surface area (Å²) >= 11 is 7.01. The molecule has 0 aromatic carbocycles. The van der Waals surface area contributed by atoms with Crippen molar-refractivity contribution in [1.82, 2.24) is 9.88 Å². The number of aromatic nitrogens is 1. The molecule has 1 saturated heterocycles. The predicted octanol–water partition coefficient (Wildman–Crippen LogP) is 2.18. The highest BCUT2D eigenvalue weighted by Gasteiger charge is 2.42. The molecule has 1 aliphatic heterocycles. The smallest absolute Gasteiger partial charge is 0.407 e. The van der Waals surface area contributed by atoms with Crippen LogP contribution in [0.3, 0.4) is 0 Å². The molecule has 1 aromatic rings. The molecule has 1 fully saturated rings. The lowest BCUT2D eigenvalue weighted by molar-refractivity contribution is -0.151. The molecule has 1 aromatic heterocycles. The minimum atomic E-state index is -1.00. The summed E-state index contributed by atoms with van der Waals surface area (Å²) < 4.78 is 0.388. The Balaban J connectivity index is 2.12. The number of rotatable bonds is 3. The van der Waals surface area contributed by atoms with Crippen LogP contribution in [0.2, 0.25) is 4.47 Å². The van der Waals surface area contributed by atoms with Crippen molar-refractivity contribution in [2.45, 2.75) is 19.3 Å². The zero-order valence-corrected chi connectivity index (χ0v) is 11.6. The highest BCUT2D eigenvalue weighted by atomic mass is 35.5. The van der Waals surface area contributed by atoms with E-state index >= 15 is 0 Å². The van der Waals surface area contributed by atoms with Crippen molar-refractivity contribution in [3.63, 3.8) is 0 Å². The highest BCUT2D eigenvalue weighted by molar-refractivity contribution is 7.15. The molecule has 0 aliphatic carbocycles. The summed E-state index contributed by atoms with van der Waals surface area (Å²) in [5, 5.41) is 18.4. The lowest BCUT2D eigenvalue weighted by atomic mass is 9.75. The van der Waals surface area contributed by atoms with Crippen molar-refractivity contribution >= 4 is 35.0 Å². The van der Waals surface area contributed by atoms with Crippen molar-refractivity contribution in [2.75, 3.05) is 13.1 Å². The molecule has 19 heavy (non-hydrogen) atoms. The van der Waals surface area contributed by atoms with Crippen molar-refractivity contribution in [3.05, 3.63) is 15.5 Å². The molecular weight excluding hydrogens is 292 g/mol. The van der Waals surface area contributed by atoms with Crippen LogP contribution in [0.25, 0.3) is 0 Å². The maximum Gasteiger partial charge on any atom is 0.407 e. The number of piperidine rings is 1. The Hall–Kier alpha value is -1.34. The first-order chi connectivity index (χ1) is 8.93. The number of hydrogen-bond acceptors (Lipinski definition) is 4. The van der Waals surface area contributed by atoms with Crippen LogP contribution in [0, 0.1) is 5.41 Å². The maximum atomic E-state index is 11.5. The molecule has 0 saturated carbocycles. The van der Waals surface area contributed by atoms with Crippen molar-refractivity contribution in [3.8, 4) is 0 Å². The third-order valence-electron chi connectivity index (χ3n) is 3.48. The highest BCUT2D eigenvalue weighted by Crippen LogP contribution is 2.37. The van der Waals surface area contributed by atoms with Crippen LogP contribution in [0.4, 0.5) is 4.79 Å². The second-order valence-electron chi connectivity index (χ2n) is 4.61. The molecule has 104 valence electrons. The van der Waals surface area contributed by atoms with Crippen LogP contribution in [-0.4, -0.2) is 45.2 Å². The Morgan fingerprint density at radius 1 is 1.42 bits per heavy atom. The first-order valence-electron chi connectivity index (χ1n) is 5.74. The van der Waals surface area contributed by atoms with Gasteiger partial charge in [-0.3, -0.25) is 4.79 Å². The zero-order chi connectivity index (χ0) is 14.0. The molecule has 8 heteroatoms. The average molecular weight is 305 g/mol. The Bertz CT molecular complexity index is 497. The van der Waals surface area contributed by atoms with Crippen molar-refractivity contribution < 1.29 is 19.8 Å². The molecule has 0 radical (unpaired) electrons. The van der Waals surface area contributed by atoms with Gasteiger partial charge in [0.2, 0.25) is 0 Å². The summed E-state index contributed by atoms with van der Waals surface area (Å²) in [6.07, 6.45) is 1.55. The number of halogens is 1. The van der Waals surface area contributed by atoms with E-state index in [9.17, 15) is 14.7 Å². The largest absolute Gasteiger partial charge is 0.481 e. The number of carbonyl (C=O) groups is 2. The number of thiazole rings is 1. The molecular formula is C11H13ClN2O4S. The first-order valence-corrected chi connectivity index (χ1v) is 6.94. The van der Waals surface area contributed by atoms with Crippen molar-refractivity contribution in [1.29, 1.82) is 0 Å². The molecule has 1 aliphatic rings.